The molecule has 0 bridgehead atoms. The molecule has 0 fully saturated rings. The zero-order chi connectivity index (χ0) is 13.9. The summed E-state index contributed by atoms with van der Waals surface area (Å²) in [4.78, 5) is 3.26. The first-order valence-electron chi connectivity index (χ1n) is 5.10. The van der Waals surface area contributed by atoms with Crippen LogP contribution in [0.3, 0.4) is 0 Å². The molecule has 1 aromatic heterocycles. The molecular weight excluding hydrogens is 261 g/mol. The molecule has 0 unspecified atom stereocenters. The standard InChI is InChI=1S/C11H7F3N4O/c12-11(13,14)10-16-9(17-18-10)6-19-8-3-1-7(5-15)2-4-8/h1-4H,6H2,(H,16,17,18). The first kappa shape index (κ1) is 12.9. The van der Waals surface area contributed by atoms with Gasteiger partial charge in [0.25, 0.3) is 5.82 Å². The van der Waals surface area contributed by atoms with E-state index in [4.69, 9.17) is 10.00 Å². The van der Waals surface area contributed by atoms with Crippen molar-refractivity contribution in [3.05, 3.63) is 41.5 Å². The highest BCUT2D eigenvalue weighted by atomic mass is 19.4. The minimum absolute atomic E-state index is 0.0308. The van der Waals surface area contributed by atoms with Crippen LogP contribution in [-0.2, 0) is 12.8 Å². The lowest BCUT2D eigenvalue weighted by atomic mass is 10.2. The second kappa shape index (κ2) is 4.97. The van der Waals surface area contributed by atoms with Crippen molar-refractivity contribution in [3.8, 4) is 11.8 Å². The van der Waals surface area contributed by atoms with Gasteiger partial charge in [0.2, 0.25) is 0 Å². The Hall–Kier alpha value is -2.56. The van der Waals surface area contributed by atoms with E-state index in [2.05, 4.69) is 15.2 Å². The molecule has 19 heavy (non-hydrogen) atoms. The van der Waals surface area contributed by atoms with E-state index >= 15 is 0 Å². The van der Waals surface area contributed by atoms with Crippen molar-refractivity contribution in [2.75, 3.05) is 0 Å². The van der Waals surface area contributed by atoms with Crippen LogP contribution in [0.15, 0.2) is 24.3 Å². The van der Waals surface area contributed by atoms with Gasteiger partial charge in [-0.25, -0.2) is 4.98 Å². The van der Waals surface area contributed by atoms with E-state index in [1.165, 1.54) is 12.1 Å². The quantitative estimate of drug-likeness (QED) is 0.926. The molecule has 0 amide bonds. The molecule has 0 aliphatic heterocycles. The van der Waals surface area contributed by atoms with E-state index in [0.717, 1.165) is 0 Å². The highest BCUT2D eigenvalue weighted by Crippen LogP contribution is 2.25. The number of ether oxygens (including phenoxy) is 1. The van der Waals surface area contributed by atoms with Gasteiger partial charge >= 0.3 is 6.18 Å². The smallest absolute Gasteiger partial charge is 0.453 e. The Kier molecular flexibility index (Phi) is 3.37. The molecule has 1 N–H and O–H groups in total. The summed E-state index contributed by atoms with van der Waals surface area (Å²) in [5, 5.41) is 13.8. The molecule has 0 radical (unpaired) electrons. The van der Waals surface area contributed by atoms with Gasteiger partial charge in [-0.2, -0.15) is 18.4 Å². The van der Waals surface area contributed by atoms with E-state index in [-0.39, 0.29) is 12.4 Å². The van der Waals surface area contributed by atoms with Gasteiger partial charge in [0.15, 0.2) is 5.82 Å². The van der Waals surface area contributed by atoms with Gasteiger partial charge in [-0.3, -0.25) is 5.10 Å². The SMILES string of the molecule is N#Cc1ccc(OCc2nc(C(F)(F)F)n[nH]2)cc1. The van der Waals surface area contributed by atoms with E-state index in [1.807, 2.05) is 6.07 Å². The molecule has 0 aliphatic carbocycles. The number of H-pyrrole nitrogens is 1. The number of nitrogens with zero attached hydrogens (tertiary/aromatic N) is 3. The van der Waals surface area contributed by atoms with E-state index < -0.39 is 12.0 Å². The predicted octanol–water partition coefficient (Wildman–Crippen LogP) is 2.27. The van der Waals surface area contributed by atoms with Crippen molar-refractivity contribution in [1.82, 2.24) is 15.2 Å². The number of nitriles is 1. The van der Waals surface area contributed by atoms with Gasteiger partial charge < -0.3 is 4.74 Å². The Morgan fingerprint density at radius 3 is 2.47 bits per heavy atom. The molecule has 5 nitrogen and oxygen atoms in total. The molecule has 0 saturated carbocycles. The number of halogens is 3. The third-order valence-corrected chi connectivity index (χ3v) is 2.14. The minimum atomic E-state index is -4.58. The summed E-state index contributed by atoms with van der Waals surface area (Å²) in [5.41, 5.74) is 0.464. The Bertz CT molecular complexity index is 598. The largest absolute Gasteiger partial charge is 0.486 e. The average Bonchev–Trinajstić information content (AvgIpc) is 2.86. The van der Waals surface area contributed by atoms with Crippen LogP contribution in [0.1, 0.15) is 17.2 Å². The number of aromatic amines is 1. The van der Waals surface area contributed by atoms with Crippen LogP contribution in [0.2, 0.25) is 0 Å². The Morgan fingerprint density at radius 2 is 1.95 bits per heavy atom. The molecule has 0 aliphatic rings. The number of rotatable bonds is 3. The second-order valence-electron chi connectivity index (χ2n) is 3.53. The lowest BCUT2D eigenvalue weighted by Crippen LogP contribution is -2.07. The summed E-state index contributed by atoms with van der Waals surface area (Å²) in [6.45, 7) is -0.172. The van der Waals surface area contributed by atoms with Gasteiger partial charge in [0, 0.05) is 0 Å². The maximum Gasteiger partial charge on any atom is 0.453 e. The minimum Gasteiger partial charge on any atom is -0.486 e. The lowest BCUT2D eigenvalue weighted by molar-refractivity contribution is -0.144. The molecule has 0 atom stereocenters. The zero-order valence-corrected chi connectivity index (χ0v) is 9.40. The third kappa shape index (κ3) is 3.22. The summed E-state index contributed by atoms with van der Waals surface area (Å²) in [6, 6.07) is 8.10. The number of alkyl halides is 3. The van der Waals surface area contributed by atoms with Gasteiger partial charge in [-0.15, -0.1) is 5.10 Å². The Balaban J connectivity index is 1.99. The molecule has 0 saturated heterocycles. The lowest BCUT2D eigenvalue weighted by Gasteiger charge is -2.03. The van der Waals surface area contributed by atoms with Crippen molar-refractivity contribution in [2.45, 2.75) is 12.8 Å². The normalized spacial score (nSPS) is 11.1. The molecule has 0 spiro atoms. The number of aromatic nitrogens is 3. The van der Waals surface area contributed by atoms with Crippen LogP contribution in [0.25, 0.3) is 0 Å². The fourth-order valence-electron chi connectivity index (χ4n) is 1.26. The van der Waals surface area contributed by atoms with E-state index in [0.29, 0.717) is 11.3 Å². The molecule has 8 heteroatoms. The fourth-order valence-corrected chi connectivity index (χ4v) is 1.26. The second-order valence-corrected chi connectivity index (χ2v) is 3.53. The van der Waals surface area contributed by atoms with Crippen LogP contribution in [0.4, 0.5) is 13.2 Å². The molecule has 2 aromatic rings. The van der Waals surface area contributed by atoms with E-state index in [9.17, 15) is 13.2 Å². The summed E-state index contributed by atoms with van der Waals surface area (Å²) in [7, 11) is 0. The van der Waals surface area contributed by atoms with Crippen LogP contribution in [0.5, 0.6) is 5.75 Å². The number of hydrogen-bond donors (Lipinski definition) is 1. The summed E-state index contributed by atoms with van der Waals surface area (Å²) in [5.74, 6) is -0.841. The Morgan fingerprint density at radius 1 is 1.26 bits per heavy atom. The third-order valence-electron chi connectivity index (χ3n) is 2.14. The Labute approximate surface area is 105 Å². The van der Waals surface area contributed by atoms with Crippen LogP contribution >= 0.6 is 0 Å². The number of nitrogens with one attached hydrogen (secondary N) is 1. The van der Waals surface area contributed by atoms with Gasteiger partial charge in [-0.05, 0) is 24.3 Å². The summed E-state index contributed by atoms with van der Waals surface area (Å²) < 4.78 is 41.9. The fraction of sp³-hybridized carbons (Fsp3) is 0.182. The highest BCUT2D eigenvalue weighted by molar-refractivity contribution is 5.34. The van der Waals surface area contributed by atoms with Crippen molar-refractivity contribution < 1.29 is 17.9 Å². The predicted molar refractivity (Wildman–Crippen MR) is 56.9 cm³/mol. The van der Waals surface area contributed by atoms with Crippen molar-refractivity contribution >= 4 is 0 Å². The first-order valence-corrected chi connectivity index (χ1v) is 5.10. The maximum absolute atomic E-state index is 12.2. The van der Waals surface area contributed by atoms with Gasteiger partial charge in [0.05, 0.1) is 11.6 Å². The number of benzene rings is 1. The maximum atomic E-state index is 12.2. The average molecular weight is 268 g/mol. The van der Waals surface area contributed by atoms with Gasteiger partial charge in [-0.1, -0.05) is 0 Å². The van der Waals surface area contributed by atoms with E-state index in [1.54, 1.807) is 12.1 Å². The first-order chi connectivity index (χ1) is 8.99. The van der Waals surface area contributed by atoms with Crippen LogP contribution < -0.4 is 4.74 Å². The van der Waals surface area contributed by atoms with Crippen molar-refractivity contribution in [3.63, 3.8) is 0 Å². The molecule has 1 aromatic carbocycles. The molecule has 98 valence electrons. The molecule has 2 rings (SSSR count). The topological polar surface area (TPSA) is 74.6 Å². The van der Waals surface area contributed by atoms with Crippen molar-refractivity contribution in [1.29, 1.82) is 5.26 Å². The zero-order valence-electron chi connectivity index (χ0n) is 9.40. The number of hydrogen-bond acceptors (Lipinski definition) is 4. The monoisotopic (exact) mass is 268 g/mol. The molecule has 1 heterocycles. The summed E-state index contributed by atoms with van der Waals surface area (Å²) in [6.07, 6.45) is -4.58. The molecular formula is C11H7F3N4O. The summed E-state index contributed by atoms with van der Waals surface area (Å²) >= 11 is 0. The highest BCUT2D eigenvalue weighted by Gasteiger charge is 2.36. The van der Waals surface area contributed by atoms with Gasteiger partial charge in [0.1, 0.15) is 12.4 Å². The van der Waals surface area contributed by atoms with Crippen molar-refractivity contribution in [2.24, 2.45) is 0 Å². The van der Waals surface area contributed by atoms with Crippen LogP contribution in [0, 0.1) is 11.3 Å². The van der Waals surface area contributed by atoms with Crippen LogP contribution in [-0.4, -0.2) is 15.2 Å².